The van der Waals surface area contributed by atoms with Gasteiger partial charge in [0, 0.05) is 29.9 Å². The van der Waals surface area contributed by atoms with E-state index in [1.165, 1.54) is 12.1 Å². The summed E-state index contributed by atoms with van der Waals surface area (Å²) in [6.45, 7) is 2.76. The van der Waals surface area contributed by atoms with Crippen LogP contribution in [0, 0.1) is 12.7 Å². The molecule has 0 fully saturated rings. The average Bonchev–Trinajstić information content (AvgIpc) is 2.71. The van der Waals surface area contributed by atoms with E-state index in [1.54, 1.807) is 24.4 Å². The van der Waals surface area contributed by atoms with Crippen molar-refractivity contribution in [1.29, 1.82) is 0 Å². The molecule has 150 valence electrons. The number of rotatable bonds is 8. The van der Waals surface area contributed by atoms with Crippen molar-refractivity contribution in [2.75, 3.05) is 23.7 Å². The van der Waals surface area contributed by atoms with E-state index in [0.717, 1.165) is 5.56 Å². The van der Waals surface area contributed by atoms with Gasteiger partial charge in [-0.2, -0.15) is 0 Å². The number of nitrogens with zero attached hydrogens (tertiary/aromatic N) is 3. The second-order valence-electron chi connectivity index (χ2n) is 6.30. The van der Waals surface area contributed by atoms with Gasteiger partial charge in [-0.3, -0.25) is 4.79 Å². The predicted molar refractivity (Wildman–Crippen MR) is 111 cm³/mol. The zero-order valence-corrected chi connectivity index (χ0v) is 16.5. The van der Waals surface area contributed by atoms with Crippen LogP contribution in [0.4, 0.5) is 21.8 Å². The van der Waals surface area contributed by atoms with Gasteiger partial charge in [-0.25, -0.2) is 9.37 Å². The van der Waals surface area contributed by atoms with Gasteiger partial charge in [-0.05, 0) is 42.8 Å². The topological polar surface area (TPSA) is 91.8 Å². The summed E-state index contributed by atoms with van der Waals surface area (Å²) in [5.74, 6) is 1.02. The van der Waals surface area contributed by atoms with Crippen LogP contribution in [0.1, 0.15) is 11.1 Å². The minimum absolute atomic E-state index is 0.112. The Morgan fingerprint density at radius 1 is 1.03 bits per heavy atom. The first-order valence-electron chi connectivity index (χ1n) is 8.98. The van der Waals surface area contributed by atoms with Crippen LogP contribution in [0.5, 0.6) is 0 Å². The molecule has 1 aromatic carbocycles. The van der Waals surface area contributed by atoms with E-state index in [4.69, 9.17) is 11.6 Å². The van der Waals surface area contributed by atoms with E-state index < -0.39 is 5.82 Å². The number of anilines is 3. The highest BCUT2D eigenvalue weighted by Gasteiger charge is 2.11. The van der Waals surface area contributed by atoms with Crippen molar-refractivity contribution in [3.05, 3.63) is 70.6 Å². The van der Waals surface area contributed by atoms with Crippen molar-refractivity contribution in [1.82, 2.24) is 20.5 Å². The fourth-order valence-electron chi connectivity index (χ4n) is 2.48. The zero-order chi connectivity index (χ0) is 20.6. The molecule has 0 atom stereocenters. The van der Waals surface area contributed by atoms with Gasteiger partial charge < -0.3 is 16.0 Å². The molecule has 0 spiro atoms. The van der Waals surface area contributed by atoms with Gasteiger partial charge in [0.05, 0.1) is 6.42 Å². The molecular formula is C20H20ClFN6O. The van der Waals surface area contributed by atoms with Gasteiger partial charge in [-0.15, -0.1) is 10.2 Å². The molecule has 29 heavy (non-hydrogen) atoms. The van der Waals surface area contributed by atoms with E-state index in [9.17, 15) is 9.18 Å². The van der Waals surface area contributed by atoms with E-state index in [-0.39, 0.29) is 22.9 Å². The lowest BCUT2D eigenvalue weighted by Gasteiger charge is -2.09. The van der Waals surface area contributed by atoms with E-state index in [0.29, 0.717) is 30.5 Å². The maximum Gasteiger partial charge on any atom is 0.224 e. The van der Waals surface area contributed by atoms with E-state index >= 15 is 0 Å². The molecule has 0 aliphatic heterocycles. The minimum Gasteiger partial charge on any atom is -0.367 e. The lowest BCUT2D eigenvalue weighted by molar-refractivity contribution is -0.120. The highest BCUT2D eigenvalue weighted by molar-refractivity contribution is 6.31. The third-order valence-electron chi connectivity index (χ3n) is 3.98. The average molecular weight is 415 g/mol. The monoisotopic (exact) mass is 414 g/mol. The van der Waals surface area contributed by atoms with Crippen LogP contribution < -0.4 is 16.0 Å². The van der Waals surface area contributed by atoms with Gasteiger partial charge in [0.25, 0.3) is 0 Å². The first-order valence-corrected chi connectivity index (χ1v) is 9.36. The summed E-state index contributed by atoms with van der Waals surface area (Å²) in [4.78, 5) is 16.2. The fourth-order valence-corrected chi connectivity index (χ4v) is 2.71. The smallest absolute Gasteiger partial charge is 0.224 e. The third kappa shape index (κ3) is 6.11. The molecule has 3 rings (SSSR count). The van der Waals surface area contributed by atoms with Crippen LogP contribution in [-0.2, 0) is 11.2 Å². The Hall–Kier alpha value is -3.26. The number of hydrogen-bond donors (Lipinski definition) is 3. The highest BCUT2D eigenvalue weighted by atomic mass is 35.5. The molecule has 0 aliphatic carbocycles. The number of nitrogens with one attached hydrogen (secondary N) is 3. The van der Waals surface area contributed by atoms with Crippen LogP contribution >= 0.6 is 11.6 Å². The Morgan fingerprint density at radius 3 is 2.48 bits per heavy atom. The molecule has 7 nitrogen and oxygen atoms in total. The Balaban J connectivity index is 1.41. The molecule has 9 heteroatoms. The van der Waals surface area contributed by atoms with Crippen LogP contribution in [-0.4, -0.2) is 34.2 Å². The van der Waals surface area contributed by atoms with Crippen LogP contribution in [0.3, 0.4) is 0 Å². The van der Waals surface area contributed by atoms with Crippen molar-refractivity contribution in [2.24, 2.45) is 0 Å². The van der Waals surface area contributed by atoms with E-state index in [2.05, 4.69) is 31.1 Å². The van der Waals surface area contributed by atoms with Crippen molar-refractivity contribution in [3.8, 4) is 0 Å². The van der Waals surface area contributed by atoms with Crippen LogP contribution in [0.25, 0.3) is 0 Å². The van der Waals surface area contributed by atoms with Crippen LogP contribution in [0.2, 0.25) is 5.02 Å². The summed E-state index contributed by atoms with van der Waals surface area (Å²) in [6.07, 6.45) is 1.65. The van der Waals surface area contributed by atoms with E-state index in [1.807, 2.05) is 19.1 Å². The summed E-state index contributed by atoms with van der Waals surface area (Å²) < 4.78 is 13.7. The molecule has 3 aromatic rings. The summed E-state index contributed by atoms with van der Waals surface area (Å²) in [6, 6.07) is 11.7. The Kier molecular flexibility index (Phi) is 6.91. The number of amides is 1. The Labute approximate surface area is 172 Å². The Bertz CT molecular complexity index is 945. The molecular weight excluding hydrogens is 395 g/mol. The van der Waals surface area contributed by atoms with Gasteiger partial charge in [0.15, 0.2) is 5.82 Å². The summed E-state index contributed by atoms with van der Waals surface area (Å²) in [5.41, 5.74) is 1.27. The minimum atomic E-state index is -0.490. The lowest BCUT2D eigenvalue weighted by atomic mass is 10.1. The molecule has 0 aliphatic rings. The maximum atomic E-state index is 13.7. The second kappa shape index (κ2) is 9.79. The quantitative estimate of drug-likeness (QED) is 0.489. The molecule has 0 radical (unpaired) electrons. The van der Waals surface area contributed by atoms with Crippen LogP contribution in [0.15, 0.2) is 48.7 Å². The van der Waals surface area contributed by atoms with Gasteiger partial charge in [-0.1, -0.05) is 23.7 Å². The number of aromatic nitrogens is 3. The molecule has 0 saturated heterocycles. The molecule has 3 N–H and O–H groups in total. The standard InChI is InChI=1S/C20H20ClFN6O/c1-13-5-6-17(25-12-13)26-19-8-7-18(27-28-19)23-9-10-24-20(29)11-14-15(21)3-2-4-16(14)22/h2-8,12H,9-11H2,1H3,(H,23,27)(H,24,29)(H,25,26,28). The highest BCUT2D eigenvalue weighted by Crippen LogP contribution is 2.19. The molecule has 0 saturated carbocycles. The van der Waals surface area contributed by atoms with Gasteiger partial charge in [0.1, 0.15) is 17.5 Å². The number of carbonyl (C=O) groups is 1. The second-order valence-corrected chi connectivity index (χ2v) is 6.71. The first-order chi connectivity index (χ1) is 14.0. The molecule has 2 aromatic heterocycles. The first kappa shape index (κ1) is 20.5. The third-order valence-corrected chi connectivity index (χ3v) is 4.34. The lowest BCUT2D eigenvalue weighted by Crippen LogP contribution is -2.30. The molecule has 0 bridgehead atoms. The van der Waals surface area contributed by atoms with Crippen molar-refractivity contribution >= 4 is 35.0 Å². The zero-order valence-electron chi connectivity index (χ0n) is 15.7. The van der Waals surface area contributed by atoms with Crippen molar-refractivity contribution in [3.63, 3.8) is 0 Å². The summed E-state index contributed by atoms with van der Waals surface area (Å²) in [7, 11) is 0. The number of pyridine rings is 1. The number of aryl methyl sites for hydroxylation is 1. The number of halogens is 2. The molecule has 0 unspecified atom stereocenters. The number of benzene rings is 1. The molecule has 2 heterocycles. The van der Waals surface area contributed by atoms with Crippen molar-refractivity contribution in [2.45, 2.75) is 13.3 Å². The number of carbonyl (C=O) groups excluding carboxylic acids is 1. The summed E-state index contributed by atoms with van der Waals surface area (Å²) >= 11 is 5.93. The summed E-state index contributed by atoms with van der Waals surface area (Å²) in [5, 5.41) is 17.2. The van der Waals surface area contributed by atoms with Gasteiger partial charge >= 0.3 is 0 Å². The molecule has 1 amide bonds. The largest absolute Gasteiger partial charge is 0.367 e. The van der Waals surface area contributed by atoms with Gasteiger partial charge in [0.2, 0.25) is 5.91 Å². The number of hydrogen-bond acceptors (Lipinski definition) is 6. The fraction of sp³-hybridized carbons (Fsp3) is 0.200. The van der Waals surface area contributed by atoms with Crippen molar-refractivity contribution < 1.29 is 9.18 Å². The maximum absolute atomic E-state index is 13.7. The Morgan fingerprint density at radius 2 is 1.79 bits per heavy atom. The SMILES string of the molecule is Cc1ccc(Nc2ccc(NCCNC(=O)Cc3c(F)cccc3Cl)nn2)nc1. The predicted octanol–water partition coefficient (Wildman–Crippen LogP) is 3.49. The normalized spacial score (nSPS) is 10.4.